The highest BCUT2D eigenvalue weighted by Gasteiger charge is 2.23. The minimum Gasteiger partial charge on any atom is -0.493 e. The van der Waals surface area contributed by atoms with Gasteiger partial charge in [-0.1, -0.05) is 12.1 Å². The van der Waals surface area contributed by atoms with Gasteiger partial charge in [0, 0.05) is 6.04 Å². The number of rotatable bonds is 6. The zero-order valence-electron chi connectivity index (χ0n) is 13.9. The van der Waals surface area contributed by atoms with E-state index in [2.05, 4.69) is 19.7 Å². The van der Waals surface area contributed by atoms with Crippen LogP contribution < -0.4 is 14.2 Å². The highest BCUT2D eigenvalue weighted by molar-refractivity contribution is 7.89. The van der Waals surface area contributed by atoms with Crippen molar-refractivity contribution in [2.45, 2.75) is 17.9 Å². The van der Waals surface area contributed by atoms with Crippen LogP contribution in [0.3, 0.4) is 0 Å². The standard InChI is InChI=1S/C16H17N3O5S/c1-10(11-7-8-13(22-2)14(9-11)23-3)19-25(20,21)15-6-4-5-12-16(15)18-24-17-12/h4-10,19H,1-3H3. The van der Waals surface area contributed by atoms with E-state index in [0.717, 1.165) is 5.56 Å². The Balaban J connectivity index is 1.92. The zero-order valence-corrected chi connectivity index (χ0v) is 14.7. The maximum absolute atomic E-state index is 12.7. The summed E-state index contributed by atoms with van der Waals surface area (Å²) in [6.07, 6.45) is 0. The van der Waals surface area contributed by atoms with Gasteiger partial charge in [-0.05, 0) is 47.1 Å². The molecule has 0 fully saturated rings. The molecule has 0 aliphatic rings. The second kappa shape index (κ2) is 6.69. The molecule has 0 saturated carbocycles. The van der Waals surface area contributed by atoms with E-state index in [9.17, 15) is 8.42 Å². The van der Waals surface area contributed by atoms with Gasteiger partial charge in [0.2, 0.25) is 10.0 Å². The number of fused-ring (bicyclic) bond motifs is 1. The molecule has 0 aliphatic carbocycles. The Kier molecular flexibility index (Phi) is 4.60. The number of methoxy groups -OCH3 is 2. The molecule has 3 rings (SSSR count). The van der Waals surface area contributed by atoms with E-state index in [1.54, 1.807) is 37.3 Å². The molecule has 132 valence electrons. The van der Waals surface area contributed by atoms with Crippen LogP contribution in [0.2, 0.25) is 0 Å². The first-order valence-electron chi connectivity index (χ1n) is 7.42. The van der Waals surface area contributed by atoms with Gasteiger partial charge in [-0.2, -0.15) is 0 Å². The number of ether oxygens (including phenoxy) is 2. The quantitative estimate of drug-likeness (QED) is 0.716. The summed E-state index contributed by atoms with van der Waals surface area (Å²) in [4.78, 5) is 0.0126. The van der Waals surface area contributed by atoms with E-state index in [-0.39, 0.29) is 10.4 Å². The number of nitrogens with one attached hydrogen (secondary N) is 1. The average molecular weight is 363 g/mol. The van der Waals surface area contributed by atoms with Gasteiger partial charge in [-0.15, -0.1) is 0 Å². The lowest BCUT2D eigenvalue weighted by Crippen LogP contribution is -2.27. The van der Waals surface area contributed by atoms with Crippen molar-refractivity contribution in [1.29, 1.82) is 0 Å². The second-order valence-electron chi connectivity index (χ2n) is 5.35. The largest absolute Gasteiger partial charge is 0.493 e. The number of hydrogen-bond acceptors (Lipinski definition) is 7. The Morgan fingerprint density at radius 2 is 1.84 bits per heavy atom. The Morgan fingerprint density at radius 1 is 1.08 bits per heavy atom. The minimum atomic E-state index is -3.82. The van der Waals surface area contributed by atoms with Crippen LogP contribution in [0.1, 0.15) is 18.5 Å². The SMILES string of the molecule is COc1ccc(C(C)NS(=O)(=O)c2cccc3nonc23)cc1OC. The van der Waals surface area contributed by atoms with Gasteiger partial charge in [0.15, 0.2) is 17.0 Å². The van der Waals surface area contributed by atoms with Gasteiger partial charge in [0.25, 0.3) is 0 Å². The monoisotopic (exact) mass is 363 g/mol. The lowest BCUT2D eigenvalue weighted by molar-refractivity contribution is 0.315. The number of sulfonamides is 1. The van der Waals surface area contributed by atoms with Crippen molar-refractivity contribution in [3.8, 4) is 11.5 Å². The van der Waals surface area contributed by atoms with E-state index in [1.165, 1.54) is 20.3 Å². The molecule has 0 saturated heterocycles. The third-order valence-corrected chi connectivity index (χ3v) is 5.35. The summed E-state index contributed by atoms with van der Waals surface area (Å²) >= 11 is 0. The lowest BCUT2D eigenvalue weighted by atomic mass is 10.1. The Labute approximate surface area is 144 Å². The molecule has 2 aromatic carbocycles. The van der Waals surface area contributed by atoms with Crippen LogP contribution in [-0.4, -0.2) is 33.0 Å². The van der Waals surface area contributed by atoms with Crippen LogP contribution in [0.25, 0.3) is 11.0 Å². The molecule has 1 aromatic heterocycles. The molecule has 25 heavy (non-hydrogen) atoms. The molecule has 0 radical (unpaired) electrons. The fourth-order valence-electron chi connectivity index (χ4n) is 2.48. The van der Waals surface area contributed by atoms with Crippen molar-refractivity contribution in [2.24, 2.45) is 0 Å². The van der Waals surface area contributed by atoms with E-state index < -0.39 is 16.1 Å². The molecule has 0 aliphatic heterocycles. The van der Waals surface area contributed by atoms with E-state index in [0.29, 0.717) is 17.0 Å². The first-order chi connectivity index (χ1) is 12.0. The summed E-state index contributed by atoms with van der Waals surface area (Å²) in [5, 5.41) is 7.34. The van der Waals surface area contributed by atoms with Crippen LogP contribution in [0.4, 0.5) is 0 Å². The van der Waals surface area contributed by atoms with Crippen LogP contribution in [0, 0.1) is 0 Å². The van der Waals surface area contributed by atoms with Crippen LogP contribution >= 0.6 is 0 Å². The van der Waals surface area contributed by atoms with Crippen LogP contribution in [0.5, 0.6) is 11.5 Å². The summed E-state index contributed by atoms with van der Waals surface area (Å²) in [5.74, 6) is 1.09. The first kappa shape index (κ1) is 17.2. The fraction of sp³-hybridized carbons (Fsp3) is 0.250. The van der Waals surface area contributed by atoms with Crippen molar-refractivity contribution in [2.75, 3.05) is 14.2 Å². The smallest absolute Gasteiger partial charge is 0.243 e. The summed E-state index contributed by atoms with van der Waals surface area (Å²) in [6.45, 7) is 1.74. The highest BCUT2D eigenvalue weighted by atomic mass is 32.2. The summed E-state index contributed by atoms with van der Waals surface area (Å²) in [6, 6.07) is 9.39. The van der Waals surface area contributed by atoms with Gasteiger partial charge >= 0.3 is 0 Å². The molecule has 0 spiro atoms. The van der Waals surface area contributed by atoms with Crippen molar-refractivity contribution in [3.63, 3.8) is 0 Å². The van der Waals surface area contributed by atoms with Crippen molar-refractivity contribution in [1.82, 2.24) is 15.0 Å². The Hall–Kier alpha value is -2.65. The van der Waals surface area contributed by atoms with Gasteiger partial charge in [0.05, 0.1) is 14.2 Å². The topological polar surface area (TPSA) is 104 Å². The maximum atomic E-state index is 12.7. The van der Waals surface area contributed by atoms with Crippen LogP contribution in [-0.2, 0) is 10.0 Å². The minimum absolute atomic E-state index is 0.0126. The number of aromatic nitrogens is 2. The third kappa shape index (κ3) is 3.28. The molecular weight excluding hydrogens is 346 g/mol. The van der Waals surface area contributed by atoms with Crippen molar-refractivity contribution < 1.29 is 22.5 Å². The maximum Gasteiger partial charge on any atom is 0.243 e. The summed E-state index contributed by atoms with van der Waals surface area (Å²) < 4.78 is 43.2. The van der Waals surface area contributed by atoms with E-state index in [4.69, 9.17) is 9.47 Å². The third-order valence-electron chi connectivity index (χ3n) is 3.78. The summed E-state index contributed by atoms with van der Waals surface area (Å²) in [5.41, 5.74) is 1.29. The second-order valence-corrected chi connectivity index (χ2v) is 7.03. The van der Waals surface area contributed by atoms with Gasteiger partial charge < -0.3 is 9.47 Å². The summed E-state index contributed by atoms with van der Waals surface area (Å²) in [7, 11) is -0.763. The predicted molar refractivity (Wildman–Crippen MR) is 90.1 cm³/mol. The van der Waals surface area contributed by atoms with Gasteiger partial charge in [-0.3, -0.25) is 0 Å². The lowest BCUT2D eigenvalue weighted by Gasteiger charge is -2.16. The molecular formula is C16H17N3O5S. The molecule has 8 nitrogen and oxygen atoms in total. The van der Waals surface area contributed by atoms with E-state index >= 15 is 0 Å². The predicted octanol–water partition coefficient (Wildman–Crippen LogP) is 2.28. The average Bonchev–Trinajstić information content (AvgIpc) is 3.09. The molecule has 1 heterocycles. The van der Waals surface area contributed by atoms with Crippen molar-refractivity contribution in [3.05, 3.63) is 42.0 Å². The van der Waals surface area contributed by atoms with Gasteiger partial charge in [0.1, 0.15) is 10.4 Å². The molecule has 1 atom stereocenters. The highest BCUT2D eigenvalue weighted by Crippen LogP contribution is 2.30. The molecule has 1 N–H and O–H groups in total. The molecule has 3 aromatic rings. The van der Waals surface area contributed by atoms with Gasteiger partial charge in [-0.25, -0.2) is 17.8 Å². The first-order valence-corrected chi connectivity index (χ1v) is 8.90. The Morgan fingerprint density at radius 3 is 2.56 bits per heavy atom. The van der Waals surface area contributed by atoms with Crippen molar-refractivity contribution >= 4 is 21.1 Å². The molecule has 0 bridgehead atoms. The molecule has 0 amide bonds. The number of nitrogens with zero attached hydrogens (tertiary/aromatic N) is 2. The Bertz CT molecular complexity index is 1000. The normalized spacial score (nSPS) is 12.9. The van der Waals surface area contributed by atoms with Crippen LogP contribution in [0.15, 0.2) is 45.9 Å². The zero-order chi connectivity index (χ0) is 18.0. The number of benzene rings is 2. The fourth-order valence-corrected chi connectivity index (χ4v) is 3.87. The molecule has 9 heteroatoms. The number of hydrogen-bond donors (Lipinski definition) is 1. The molecule has 1 unspecified atom stereocenters. The van der Waals surface area contributed by atoms with E-state index in [1.807, 2.05) is 0 Å².